The van der Waals surface area contributed by atoms with E-state index in [0.717, 1.165) is 0 Å². The van der Waals surface area contributed by atoms with Gasteiger partial charge in [-0.25, -0.2) is 9.59 Å². The first-order valence-electron chi connectivity index (χ1n) is 10.5. The third-order valence-corrected chi connectivity index (χ3v) is 5.94. The van der Waals surface area contributed by atoms with E-state index in [1.807, 2.05) is 0 Å². The van der Waals surface area contributed by atoms with E-state index < -0.39 is 11.9 Å². The maximum Gasteiger partial charge on any atom is 0.344 e. The molecule has 0 amide bonds. The molecule has 0 saturated carbocycles. The van der Waals surface area contributed by atoms with Crippen LogP contribution in [0.3, 0.4) is 0 Å². The average molecular weight is 453 g/mol. The Hall–Kier alpha value is -4.65. The molecule has 0 aliphatic heterocycles. The van der Waals surface area contributed by atoms with Gasteiger partial charge in [-0.3, -0.25) is 4.79 Å². The molecule has 5 aromatic rings. The topological polar surface area (TPSA) is 94.8 Å². The molecule has 0 fully saturated rings. The Morgan fingerprint density at radius 1 is 0.794 bits per heavy atom. The number of hydrogen-bond acceptors (Lipinski definition) is 6. The van der Waals surface area contributed by atoms with Crippen molar-refractivity contribution in [1.82, 2.24) is 4.57 Å². The summed E-state index contributed by atoms with van der Waals surface area (Å²) in [5.74, 6) is -1.55. The van der Waals surface area contributed by atoms with Gasteiger partial charge in [0, 0.05) is 23.2 Å². The number of pyridine rings is 1. The number of methoxy groups -OCH3 is 1. The molecule has 0 aliphatic carbocycles. The fourth-order valence-electron chi connectivity index (χ4n) is 4.32. The first-order chi connectivity index (χ1) is 16.4. The lowest BCUT2D eigenvalue weighted by Crippen LogP contribution is -2.17. The van der Waals surface area contributed by atoms with Crippen molar-refractivity contribution in [2.24, 2.45) is 7.05 Å². The van der Waals surface area contributed by atoms with Crippen LogP contribution in [-0.4, -0.2) is 28.7 Å². The highest BCUT2D eigenvalue weighted by Gasteiger charge is 2.25. The van der Waals surface area contributed by atoms with Gasteiger partial charge in [-0.1, -0.05) is 48.5 Å². The fraction of sp³-hybridized carbons (Fsp3) is 0.0741. The van der Waals surface area contributed by atoms with Gasteiger partial charge < -0.3 is 19.1 Å². The summed E-state index contributed by atoms with van der Waals surface area (Å²) in [7, 11) is 2.96. The van der Waals surface area contributed by atoms with Crippen molar-refractivity contribution in [1.29, 1.82) is 0 Å². The van der Waals surface area contributed by atoms with Crippen LogP contribution in [0.15, 0.2) is 77.6 Å². The number of carbonyl (C=O) groups excluding carboxylic acids is 2. The zero-order chi connectivity index (χ0) is 24.0. The van der Waals surface area contributed by atoms with Gasteiger partial charge in [0.05, 0.1) is 29.1 Å². The van der Waals surface area contributed by atoms with Crippen molar-refractivity contribution in [3.05, 3.63) is 94.1 Å². The van der Waals surface area contributed by atoms with Crippen molar-refractivity contribution >= 4 is 44.5 Å². The number of aryl methyl sites for hydroxylation is 1. The standard InChI is InChI=1S/C27H19NO6/c1-28-20-14-8-7-13-19(20)24(30)21-22(28)25(16-10-4-3-9-15(16)23(21)29)34-27(32)18-12-6-5-11-17(18)26(31)33-2/h3-14,29H,1-2H3. The Morgan fingerprint density at radius 3 is 2.03 bits per heavy atom. The molecule has 34 heavy (non-hydrogen) atoms. The normalized spacial score (nSPS) is 11.1. The van der Waals surface area contributed by atoms with E-state index in [9.17, 15) is 19.5 Å². The summed E-state index contributed by atoms with van der Waals surface area (Å²) in [6.45, 7) is 0. The highest BCUT2D eigenvalue weighted by Crippen LogP contribution is 2.41. The van der Waals surface area contributed by atoms with Crippen LogP contribution in [-0.2, 0) is 11.8 Å². The molecule has 0 unspecified atom stereocenters. The number of ether oxygens (including phenoxy) is 2. The lowest BCUT2D eigenvalue weighted by molar-refractivity contribution is 0.0588. The van der Waals surface area contributed by atoms with Crippen LogP contribution in [0, 0.1) is 0 Å². The maximum absolute atomic E-state index is 13.4. The van der Waals surface area contributed by atoms with E-state index in [0.29, 0.717) is 21.7 Å². The Kier molecular flexibility index (Phi) is 5.02. The van der Waals surface area contributed by atoms with Crippen LogP contribution < -0.4 is 10.2 Å². The van der Waals surface area contributed by atoms with Gasteiger partial charge in [-0.05, 0) is 24.3 Å². The van der Waals surface area contributed by atoms with Gasteiger partial charge in [0.2, 0.25) is 5.43 Å². The summed E-state index contributed by atoms with van der Waals surface area (Å²) < 4.78 is 12.4. The van der Waals surface area contributed by atoms with Crippen LogP contribution in [0.25, 0.3) is 32.6 Å². The third kappa shape index (κ3) is 3.09. The zero-order valence-electron chi connectivity index (χ0n) is 18.4. The van der Waals surface area contributed by atoms with Crippen molar-refractivity contribution in [2.45, 2.75) is 0 Å². The molecule has 7 nitrogen and oxygen atoms in total. The lowest BCUT2D eigenvalue weighted by atomic mass is 10.0. The predicted molar refractivity (Wildman–Crippen MR) is 129 cm³/mol. The van der Waals surface area contributed by atoms with Crippen LogP contribution >= 0.6 is 0 Å². The first kappa shape index (κ1) is 21.2. The molecule has 168 valence electrons. The summed E-state index contributed by atoms with van der Waals surface area (Å²) in [5.41, 5.74) is 0.581. The molecule has 0 aliphatic rings. The van der Waals surface area contributed by atoms with Gasteiger partial charge in [0.25, 0.3) is 0 Å². The zero-order valence-corrected chi connectivity index (χ0v) is 18.4. The first-order valence-corrected chi connectivity index (χ1v) is 10.5. The van der Waals surface area contributed by atoms with Crippen molar-refractivity contribution in [3.63, 3.8) is 0 Å². The van der Waals surface area contributed by atoms with E-state index >= 15 is 0 Å². The lowest BCUT2D eigenvalue weighted by Gasteiger charge is -2.18. The smallest absolute Gasteiger partial charge is 0.344 e. The third-order valence-electron chi connectivity index (χ3n) is 5.94. The molecule has 0 spiro atoms. The van der Waals surface area contributed by atoms with Crippen molar-refractivity contribution in [2.75, 3.05) is 7.11 Å². The number of rotatable bonds is 3. The minimum atomic E-state index is -0.793. The fourth-order valence-corrected chi connectivity index (χ4v) is 4.32. The molecule has 1 N–H and O–H groups in total. The monoisotopic (exact) mass is 453 g/mol. The number of phenolic OH excluding ortho intramolecular Hbond substituents is 1. The van der Waals surface area contributed by atoms with E-state index in [1.165, 1.54) is 19.2 Å². The molecule has 0 bridgehead atoms. The molecule has 1 heterocycles. The Balaban J connectivity index is 1.85. The molecule has 4 aromatic carbocycles. The number of aromatic hydroxyl groups is 1. The Bertz CT molecular complexity index is 1700. The van der Waals surface area contributed by atoms with Crippen molar-refractivity contribution in [3.8, 4) is 11.5 Å². The number of carbonyl (C=O) groups is 2. The summed E-state index contributed by atoms with van der Waals surface area (Å²) in [6, 6.07) is 20.0. The predicted octanol–water partition coefficient (Wildman–Crippen LogP) is 4.56. The number of phenols is 1. The number of esters is 2. The van der Waals surface area contributed by atoms with Crippen LogP contribution in [0.5, 0.6) is 11.5 Å². The number of nitrogens with zero attached hydrogens (tertiary/aromatic N) is 1. The molecule has 0 atom stereocenters. The molecule has 0 saturated heterocycles. The molecule has 1 aromatic heterocycles. The Morgan fingerprint density at radius 2 is 1.35 bits per heavy atom. The van der Waals surface area contributed by atoms with E-state index in [-0.39, 0.29) is 39.0 Å². The molecule has 7 heteroatoms. The molecule has 0 radical (unpaired) electrons. The van der Waals surface area contributed by atoms with E-state index in [4.69, 9.17) is 9.47 Å². The van der Waals surface area contributed by atoms with E-state index in [1.54, 1.807) is 72.3 Å². The summed E-state index contributed by atoms with van der Waals surface area (Å²) >= 11 is 0. The summed E-state index contributed by atoms with van der Waals surface area (Å²) in [6.07, 6.45) is 0. The van der Waals surface area contributed by atoms with E-state index in [2.05, 4.69) is 0 Å². The highest BCUT2D eigenvalue weighted by atomic mass is 16.5. The number of hydrogen-bond donors (Lipinski definition) is 1. The van der Waals surface area contributed by atoms with Crippen LogP contribution in [0.4, 0.5) is 0 Å². The molecular formula is C27H19NO6. The molecular weight excluding hydrogens is 434 g/mol. The molecule has 5 rings (SSSR count). The maximum atomic E-state index is 13.4. The highest BCUT2D eigenvalue weighted by molar-refractivity contribution is 6.14. The average Bonchev–Trinajstić information content (AvgIpc) is 2.88. The van der Waals surface area contributed by atoms with Gasteiger partial charge in [0.15, 0.2) is 5.75 Å². The largest absolute Gasteiger partial charge is 0.506 e. The summed E-state index contributed by atoms with van der Waals surface area (Å²) in [5, 5.41) is 12.4. The number of para-hydroxylation sites is 1. The number of aromatic nitrogens is 1. The summed E-state index contributed by atoms with van der Waals surface area (Å²) in [4.78, 5) is 38.9. The minimum Gasteiger partial charge on any atom is -0.506 e. The number of benzene rings is 4. The van der Waals surface area contributed by atoms with Gasteiger partial charge >= 0.3 is 11.9 Å². The van der Waals surface area contributed by atoms with Gasteiger partial charge in [0.1, 0.15) is 11.3 Å². The quantitative estimate of drug-likeness (QED) is 0.245. The SMILES string of the molecule is COC(=O)c1ccccc1C(=O)Oc1c2ccccc2c(O)c2c(=O)c3ccccc3n(C)c12. The Labute approximate surface area is 193 Å². The minimum absolute atomic E-state index is 0.0189. The number of fused-ring (bicyclic) bond motifs is 3. The van der Waals surface area contributed by atoms with Crippen molar-refractivity contribution < 1.29 is 24.2 Å². The second-order valence-electron chi connectivity index (χ2n) is 7.78. The second kappa shape index (κ2) is 8.04. The van der Waals surface area contributed by atoms with Crippen LogP contribution in [0.1, 0.15) is 20.7 Å². The van der Waals surface area contributed by atoms with Crippen LogP contribution in [0.2, 0.25) is 0 Å². The second-order valence-corrected chi connectivity index (χ2v) is 7.78. The van der Waals surface area contributed by atoms with Gasteiger partial charge in [-0.2, -0.15) is 0 Å². The van der Waals surface area contributed by atoms with Gasteiger partial charge in [-0.15, -0.1) is 0 Å².